The van der Waals surface area contributed by atoms with Gasteiger partial charge in [0.1, 0.15) is 12.4 Å². The Morgan fingerprint density at radius 1 is 1.25 bits per heavy atom. The van der Waals surface area contributed by atoms with E-state index in [1.807, 2.05) is 0 Å². The molecule has 1 rings (SSSR count). The van der Waals surface area contributed by atoms with Gasteiger partial charge in [0, 0.05) is 24.2 Å². The van der Waals surface area contributed by atoms with Gasteiger partial charge in [-0.15, -0.1) is 0 Å². The van der Waals surface area contributed by atoms with Crippen molar-refractivity contribution < 1.29 is 23.4 Å². The highest BCUT2D eigenvalue weighted by atomic mass is 19.3. The molecule has 0 fully saturated rings. The van der Waals surface area contributed by atoms with E-state index < -0.39 is 19.0 Å². The summed E-state index contributed by atoms with van der Waals surface area (Å²) < 4.78 is 28.6. The summed E-state index contributed by atoms with van der Waals surface area (Å²) in [4.78, 5) is 19.1. The lowest BCUT2D eigenvalue weighted by Gasteiger charge is -2.10. The minimum atomic E-state index is -2.47. The number of carboxylic acid groups (broad SMARTS) is 1. The second kappa shape index (κ2) is 7.84. The molecular weight excluding hydrogens is 270 g/mol. The summed E-state index contributed by atoms with van der Waals surface area (Å²) in [6.07, 6.45) is -1.71. The van der Waals surface area contributed by atoms with Crippen LogP contribution >= 0.6 is 0 Å². The number of hydrogen-bond donors (Lipinski definition) is 1. The van der Waals surface area contributed by atoms with Crippen LogP contribution in [0.25, 0.3) is 0 Å². The van der Waals surface area contributed by atoms with E-state index in [2.05, 4.69) is 9.97 Å². The van der Waals surface area contributed by atoms with Crippen molar-refractivity contribution in [2.45, 2.75) is 39.5 Å². The second-order valence-electron chi connectivity index (χ2n) is 4.40. The summed E-state index contributed by atoms with van der Waals surface area (Å²) in [7, 11) is 0. The first kappa shape index (κ1) is 16.4. The van der Waals surface area contributed by atoms with Crippen LogP contribution in [-0.4, -0.2) is 40.7 Å². The van der Waals surface area contributed by atoms with Gasteiger partial charge in [0.25, 0.3) is 6.43 Å². The van der Waals surface area contributed by atoms with Crippen LogP contribution < -0.4 is 0 Å². The van der Waals surface area contributed by atoms with Crippen molar-refractivity contribution in [2.75, 3.05) is 13.2 Å². The van der Waals surface area contributed by atoms with Gasteiger partial charge in [0.15, 0.2) is 0 Å². The van der Waals surface area contributed by atoms with E-state index in [-0.39, 0.29) is 13.0 Å². The topological polar surface area (TPSA) is 72.3 Å². The highest BCUT2D eigenvalue weighted by Gasteiger charge is 2.10. The molecule has 0 amide bonds. The minimum Gasteiger partial charge on any atom is -0.481 e. The summed E-state index contributed by atoms with van der Waals surface area (Å²) in [6.45, 7) is 3.12. The third-order valence-electron chi connectivity index (χ3n) is 2.77. The maximum atomic E-state index is 11.9. The van der Waals surface area contributed by atoms with E-state index in [1.165, 1.54) is 0 Å². The first-order chi connectivity index (χ1) is 9.40. The van der Waals surface area contributed by atoms with Crippen molar-refractivity contribution >= 4 is 5.97 Å². The molecule has 5 nitrogen and oxygen atoms in total. The molecule has 112 valence electrons. The zero-order chi connectivity index (χ0) is 15.1. The van der Waals surface area contributed by atoms with Gasteiger partial charge in [0.05, 0.1) is 6.61 Å². The van der Waals surface area contributed by atoms with Gasteiger partial charge in [-0.1, -0.05) is 0 Å². The van der Waals surface area contributed by atoms with Gasteiger partial charge in [-0.3, -0.25) is 4.79 Å². The highest BCUT2D eigenvalue weighted by Crippen LogP contribution is 2.13. The lowest BCUT2D eigenvalue weighted by atomic mass is 10.1. The fraction of sp³-hybridized carbons (Fsp3) is 0.615. The van der Waals surface area contributed by atoms with E-state index >= 15 is 0 Å². The minimum absolute atomic E-state index is 0.0296. The van der Waals surface area contributed by atoms with Crippen LogP contribution in [0.2, 0.25) is 0 Å². The third-order valence-corrected chi connectivity index (χ3v) is 2.77. The highest BCUT2D eigenvalue weighted by molar-refractivity contribution is 5.67. The van der Waals surface area contributed by atoms with Crippen LogP contribution in [0.15, 0.2) is 0 Å². The maximum Gasteiger partial charge on any atom is 0.303 e. The number of rotatable bonds is 8. The fourth-order valence-corrected chi connectivity index (χ4v) is 1.85. The predicted molar refractivity (Wildman–Crippen MR) is 68.0 cm³/mol. The van der Waals surface area contributed by atoms with Gasteiger partial charge in [-0.2, -0.15) is 0 Å². The quantitative estimate of drug-likeness (QED) is 0.740. The van der Waals surface area contributed by atoms with Crippen LogP contribution in [0.1, 0.15) is 29.2 Å². The molecule has 1 heterocycles. The predicted octanol–water partition coefficient (Wildman–Crippen LogP) is 1.93. The Morgan fingerprint density at radius 3 is 2.35 bits per heavy atom. The normalized spacial score (nSPS) is 11.1. The number of hydrogen-bond acceptors (Lipinski definition) is 4. The summed E-state index contributed by atoms with van der Waals surface area (Å²) >= 11 is 0. The molecule has 0 aliphatic heterocycles. The molecule has 0 saturated heterocycles. The van der Waals surface area contributed by atoms with Crippen molar-refractivity contribution in [1.29, 1.82) is 0 Å². The average molecular weight is 288 g/mol. The standard InChI is InChI=1S/C13H18F2N2O3/c1-8-10(3-4-13(18)19)9(2)17-12(16-8)5-6-20-7-11(14)15/h11H,3-7H2,1-2H3,(H,18,19). The first-order valence-corrected chi connectivity index (χ1v) is 6.30. The number of aromatic nitrogens is 2. The van der Waals surface area contributed by atoms with Crippen LogP contribution in [0.5, 0.6) is 0 Å². The second-order valence-corrected chi connectivity index (χ2v) is 4.40. The molecule has 0 spiro atoms. The number of aryl methyl sites for hydroxylation is 2. The molecule has 0 saturated carbocycles. The van der Waals surface area contributed by atoms with Gasteiger partial charge in [-0.25, -0.2) is 18.7 Å². The number of carbonyl (C=O) groups is 1. The van der Waals surface area contributed by atoms with Crippen LogP contribution in [0, 0.1) is 13.8 Å². The number of aliphatic carboxylic acids is 1. The molecule has 1 N–H and O–H groups in total. The Balaban J connectivity index is 2.60. The number of alkyl halides is 2. The lowest BCUT2D eigenvalue weighted by molar-refractivity contribution is -0.136. The van der Waals surface area contributed by atoms with E-state index in [9.17, 15) is 13.6 Å². The van der Waals surface area contributed by atoms with Crippen molar-refractivity contribution in [3.05, 3.63) is 22.8 Å². The molecule has 0 radical (unpaired) electrons. The van der Waals surface area contributed by atoms with Crippen molar-refractivity contribution in [1.82, 2.24) is 9.97 Å². The molecule has 0 unspecified atom stereocenters. The maximum absolute atomic E-state index is 11.9. The summed E-state index contributed by atoms with van der Waals surface area (Å²) in [5, 5.41) is 8.68. The van der Waals surface area contributed by atoms with Crippen LogP contribution in [0.4, 0.5) is 8.78 Å². The van der Waals surface area contributed by atoms with E-state index in [0.29, 0.717) is 18.7 Å². The monoisotopic (exact) mass is 288 g/mol. The van der Waals surface area contributed by atoms with Crippen molar-refractivity contribution in [3.63, 3.8) is 0 Å². The van der Waals surface area contributed by atoms with Gasteiger partial charge in [-0.05, 0) is 25.8 Å². The van der Waals surface area contributed by atoms with Crippen LogP contribution in [0.3, 0.4) is 0 Å². The molecular formula is C13H18F2N2O3. The molecule has 0 atom stereocenters. The van der Waals surface area contributed by atoms with Gasteiger partial charge in [0.2, 0.25) is 0 Å². The number of halogens is 2. The SMILES string of the molecule is Cc1nc(CCOCC(F)F)nc(C)c1CCC(=O)O. The molecule has 1 aromatic rings. The smallest absolute Gasteiger partial charge is 0.303 e. The Hall–Kier alpha value is -1.63. The zero-order valence-corrected chi connectivity index (χ0v) is 11.5. The molecule has 0 aromatic carbocycles. The average Bonchev–Trinajstić information content (AvgIpc) is 2.33. The molecule has 1 aromatic heterocycles. The van der Waals surface area contributed by atoms with Gasteiger partial charge < -0.3 is 9.84 Å². The number of carboxylic acids is 1. The summed E-state index contributed by atoms with van der Waals surface area (Å²) in [6, 6.07) is 0. The van der Waals surface area contributed by atoms with E-state index in [4.69, 9.17) is 9.84 Å². The molecule has 0 aliphatic carbocycles. The molecule has 0 bridgehead atoms. The number of ether oxygens (including phenoxy) is 1. The van der Waals surface area contributed by atoms with E-state index in [0.717, 1.165) is 17.0 Å². The van der Waals surface area contributed by atoms with Crippen molar-refractivity contribution in [2.24, 2.45) is 0 Å². The third kappa shape index (κ3) is 5.56. The van der Waals surface area contributed by atoms with Crippen molar-refractivity contribution in [3.8, 4) is 0 Å². The number of nitrogens with zero attached hydrogens (tertiary/aromatic N) is 2. The Labute approximate surface area is 116 Å². The lowest BCUT2D eigenvalue weighted by Crippen LogP contribution is -2.11. The summed E-state index contributed by atoms with van der Waals surface area (Å²) in [5.74, 6) is -0.346. The Bertz CT molecular complexity index is 444. The largest absolute Gasteiger partial charge is 0.481 e. The molecule has 7 heteroatoms. The molecule has 0 aliphatic rings. The first-order valence-electron chi connectivity index (χ1n) is 6.30. The fourth-order valence-electron chi connectivity index (χ4n) is 1.85. The summed E-state index contributed by atoms with van der Waals surface area (Å²) in [5.41, 5.74) is 2.27. The van der Waals surface area contributed by atoms with Gasteiger partial charge >= 0.3 is 5.97 Å². The zero-order valence-electron chi connectivity index (χ0n) is 11.5. The van der Waals surface area contributed by atoms with E-state index in [1.54, 1.807) is 13.8 Å². The Morgan fingerprint density at radius 2 is 1.85 bits per heavy atom. The molecule has 20 heavy (non-hydrogen) atoms. The van der Waals surface area contributed by atoms with Crippen LogP contribution in [-0.2, 0) is 22.4 Å². The Kier molecular flexibility index (Phi) is 6.44.